The molecule has 2 heterocycles. The number of aryl methyl sites for hydroxylation is 1. The number of aromatic nitrogens is 3. The molecule has 0 N–H and O–H groups in total. The van der Waals surface area contributed by atoms with Crippen LogP contribution in [0.3, 0.4) is 0 Å². The monoisotopic (exact) mass is 233 g/mol. The van der Waals surface area contributed by atoms with Gasteiger partial charge in [-0.05, 0) is 19.1 Å². The second kappa shape index (κ2) is 4.32. The third kappa shape index (κ3) is 1.89. The summed E-state index contributed by atoms with van der Waals surface area (Å²) in [6.45, 7) is 1.87. The van der Waals surface area contributed by atoms with E-state index in [0.717, 1.165) is 0 Å². The Morgan fingerprint density at radius 1 is 1.53 bits per heavy atom. The van der Waals surface area contributed by atoms with Crippen molar-refractivity contribution in [3.8, 4) is 0 Å². The van der Waals surface area contributed by atoms with Crippen molar-refractivity contribution >= 4 is 17.0 Å². The zero-order valence-corrected chi connectivity index (χ0v) is 9.51. The molecule has 2 aromatic rings. The first-order valence-electron chi connectivity index (χ1n) is 5.14. The molecule has 0 radical (unpaired) electrons. The number of ether oxygens (including phenoxy) is 1. The third-order valence-corrected chi connectivity index (χ3v) is 2.27. The molecule has 17 heavy (non-hydrogen) atoms. The van der Waals surface area contributed by atoms with E-state index >= 15 is 0 Å². The maximum absolute atomic E-state index is 12.0. The first-order chi connectivity index (χ1) is 8.15. The Bertz CT molecular complexity index is 633. The molecule has 0 aliphatic heterocycles. The van der Waals surface area contributed by atoms with Crippen LogP contribution in [0.15, 0.2) is 23.1 Å². The number of pyridine rings is 1. The van der Waals surface area contributed by atoms with Crippen molar-refractivity contribution < 1.29 is 9.53 Å². The predicted octanol–water partition coefficient (Wildman–Crippen LogP) is 0.505. The molecule has 6 nitrogen and oxygen atoms in total. The second-order valence-corrected chi connectivity index (χ2v) is 3.40. The van der Waals surface area contributed by atoms with Gasteiger partial charge in [0.25, 0.3) is 0 Å². The Morgan fingerprint density at radius 3 is 3.00 bits per heavy atom. The summed E-state index contributed by atoms with van der Waals surface area (Å²) >= 11 is 0. The molecule has 6 heteroatoms. The fourth-order valence-electron chi connectivity index (χ4n) is 1.54. The first kappa shape index (κ1) is 11.3. The summed E-state index contributed by atoms with van der Waals surface area (Å²) in [5.74, 6) is -0.709. The number of hydrogen-bond acceptors (Lipinski definition) is 5. The van der Waals surface area contributed by atoms with Crippen molar-refractivity contribution in [2.24, 2.45) is 7.05 Å². The number of carbonyl (C=O) groups excluding carboxylic acids is 1. The maximum Gasteiger partial charge on any atom is 0.362 e. The largest absolute Gasteiger partial charge is 0.461 e. The van der Waals surface area contributed by atoms with Gasteiger partial charge >= 0.3 is 5.97 Å². The van der Waals surface area contributed by atoms with E-state index in [-0.39, 0.29) is 12.3 Å². The van der Waals surface area contributed by atoms with Crippen LogP contribution in [0, 0.1) is 0 Å². The molecule has 0 aliphatic rings. The van der Waals surface area contributed by atoms with Crippen molar-refractivity contribution in [3.63, 3.8) is 0 Å². The van der Waals surface area contributed by atoms with E-state index < -0.39 is 11.4 Å². The van der Waals surface area contributed by atoms with Gasteiger partial charge < -0.3 is 4.74 Å². The van der Waals surface area contributed by atoms with E-state index in [1.807, 2.05) is 0 Å². The van der Waals surface area contributed by atoms with E-state index in [1.165, 1.54) is 4.68 Å². The highest BCUT2D eigenvalue weighted by molar-refractivity contribution is 5.90. The number of fused-ring (bicyclic) bond motifs is 1. The van der Waals surface area contributed by atoms with E-state index in [0.29, 0.717) is 11.0 Å². The van der Waals surface area contributed by atoms with Crippen molar-refractivity contribution in [3.05, 3.63) is 34.2 Å². The van der Waals surface area contributed by atoms with Crippen LogP contribution in [0.5, 0.6) is 0 Å². The van der Waals surface area contributed by atoms with Gasteiger partial charge in [0.15, 0.2) is 5.65 Å². The van der Waals surface area contributed by atoms with Crippen molar-refractivity contribution in [2.45, 2.75) is 6.92 Å². The SMILES string of the molecule is CCOC(=O)c1nn(C)c2ncccc2c1=O. The molecule has 0 aromatic carbocycles. The van der Waals surface area contributed by atoms with Gasteiger partial charge in [-0.3, -0.25) is 4.79 Å². The summed E-state index contributed by atoms with van der Waals surface area (Å²) in [7, 11) is 1.62. The van der Waals surface area contributed by atoms with Crippen LogP contribution in [0.2, 0.25) is 0 Å². The lowest BCUT2D eigenvalue weighted by Gasteiger charge is -2.05. The molecule has 0 atom stereocenters. The molecule has 0 amide bonds. The number of nitrogens with zero attached hydrogens (tertiary/aromatic N) is 3. The summed E-state index contributed by atoms with van der Waals surface area (Å²) in [6.07, 6.45) is 1.56. The van der Waals surface area contributed by atoms with Gasteiger partial charge in [-0.2, -0.15) is 5.10 Å². The topological polar surface area (TPSA) is 74.1 Å². The second-order valence-electron chi connectivity index (χ2n) is 3.40. The van der Waals surface area contributed by atoms with Gasteiger partial charge in [-0.15, -0.1) is 0 Å². The first-order valence-corrected chi connectivity index (χ1v) is 5.14. The summed E-state index contributed by atoms with van der Waals surface area (Å²) in [4.78, 5) is 27.6. The van der Waals surface area contributed by atoms with Crippen LogP contribution in [0.4, 0.5) is 0 Å². The molecular formula is C11H11N3O3. The number of rotatable bonds is 2. The Hall–Kier alpha value is -2.24. The van der Waals surface area contributed by atoms with Gasteiger partial charge in [0.2, 0.25) is 11.1 Å². The quantitative estimate of drug-likeness (QED) is 0.706. The predicted molar refractivity (Wildman–Crippen MR) is 60.7 cm³/mol. The molecule has 0 saturated carbocycles. The van der Waals surface area contributed by atoms with E-state index in [9.17, 15) is 9.59 Å². The molecular weight excluding hydrogens is 222 g/mol. The van der Waals surface area contributed by atoms with Crippen LogP contribution >= 0.6 is 0 Å². The van der Waals surface area contributed by atoms with Crippen LogP contribution in [0.1, 0.15) is 17.4 Å². The molecule has 0 saturated heterocycles. The Morgan fingerprint density at radius 2 is 2.29 bits per heavy atom. The molecule has 0 unspecified atom stereocenters. The average Bonchev–Trinajstić information content (AvgIpc) is 2.34. The number of hydrogen-bond donors (Lipinski definition) is 0. The molecule has 2 aromatic heterocycles. The van der Waals surface area contributed by atoms with E-state index in [1.54, 1.807) is 32.3 Å². The highest BCUT2D eigenvalue weighted by atomic mass is 16.5. The van der Waals surface area contributed by atoms with Crippen molar-refractivity contribution in [1.82, 2.24) is 14.8 Å². The lowest BCUT2D eigenvalue weighted by Crippen LogP contribution is -2.24. The van der Waals surface area contributed by atoms with E-state index in [2.05, 4.69) is 10.1 Å². The van der Waals surface area contributed by atoms with Crippen LogP contribution < -0.4 is 5.43 Å². The lowest BCUT2D eigenvalue weighted by atomic mass is 10.2. The number of esters is 1. The van der Waals surface area contributed by atoms with Gasteiger partial charge in [0, 0.05) is 13.2 Å². The van der Waals surface area contributed by atoms with Crippen molar-refractivity contribution in [1.29, 1.82) is 0 Å². The zero-order valence-electron chi connectivity index (χ0n) is 9.51. The minimum absolute atomic E-state index is 0.203. The molecule has 0 aliphatic carbocycles. The Labute approximate surface area is 96.8 Å². The van der Waals surface area contributed by atoms with Gasteiger partial charge in [0.05, 0.1) is 12.0 Å². The normalized spacial score (nSPS) is 10.5. The summed E-state index contributed by atoms with van der Waals surface area (Å²) in [5.41, 5.74) is -0.231. The Balaban J connectivity index is 2.71. The number of carbonyl (C=O) groups is 1. The fraction of sp³-hybridized carbons (Fsp3) is 0.273. The average molecular weight is 233 g/mol. The summed E-state index contributed by atoms with van der Waals surface area (Å²) < 4.78 is 6.17. The highest BCUT2D eigenvalue weighted by Crippen LogP contribution is 2.05. The molecule has 88 valence electrons. The van der Waals surface area contributed by atoms with Crippen molar-refractivity contribution in [2.75, 3.05) is 6.61 Å². The molecule has 2 rings (SSSR count). The van der Waals surface area contributed by atoms with E-state index in [4.69, 9.17) is 4.74 Å². The van der Waals surface area contributed by atoms with Gasteiger partial charge in [0.1, 0.15) is 0 Å². The van der Waals surface area contributed by atoms with Gasteiger partial charge in [-0.1, -0.05) is 0 Å². The zero-order chi connectivity index (χ0) is 12.4. The minimum atomic E-state index is -0.709. The van der Waals surface area contributed by atoms with Gasteiger partial charge in [-0.25, -0.2) is 14.5 Å². The lowest BCUT2D eigenvalue weighted by molar-refractivity contribution is 0.0515. The third-order valence-electron chi connectivity index (χ3n) is 2.27. The Kier molecular flexibility index (Phi) is 2.86. The summed E-state index contributed by atoms with van der Waals surface area (Å²) in [6, 6.07) is 3.24. The molecule has 0 bridgehead atoms. The highest BCUT2D eigenvalue weighted by Gasteiger charge is 2.17. The smallest absolute Gasteiger partial charge is 0.362 e. The summed E-state index contributed by atoms with van der Waals surface area (Å²) in [5, 5.41) is 4.24. The minimum Gasteiger partial charge on any atom is -0.461 e. The fourth-order valence-corrected chi connectivity index (χ4v) is 1.54. The van der Waals surface area contributed by atoms with Crippen LogP contribution in [-0.4, -0.2) is 27.3 Å². The standard InChI is InChI=1S/C11H11N3O3/c1-3-17-11(16)8-9(15)7-5-4-6-12-10(7)14(2)13-8/h4-6H,3H2,1-2H3. The maximum atomic E-state index is 12.0. The van der Waals surface area contributed by atoms with Crippen LogP contribution in [-0.2, 0) is 11.8 Å². The molecule has 0 spiro atoms. The molecule has 0 fully saturated rings. The van der Waals surface area contributed by atoms with Crippen LogP contribution in [0.25, 0.3) is 11.0 Å².